The third kappa shape index (κ3) is 8.50. The molecule has 0 unspecified atom stereocenters. The molecule has 6 heteroatoms. The van der Waals surface area contributed by atoms with Gasteiger partial charge in [0, 0.05) is 26.3 Å². The highest BCUT2D eigenvalue weighted by atomic mass is 127. The lowest BCUT2D eigenvalue weighted by Gasteiger charge is -2.11. The maximum Gasteiger partial charge on any atom is 0.191 e. The predicted molar refractivity (Wildman–Crippen MR) is 108 cm³/mol. The minimum atomic E-state index is 0. The third-order valence-corrected chi connectivity index (χ3v) is 3.66. The molecule has 1 aromatic carbocycles. The van der Waals surface area contributed by atoms with Crippen LogP contribution in [0.5, 0.6) is 0 Å². The number of aliphatic imine (C=N–C) groups is 1. The Morgan fingerprint density at radius 1 is 1.29 bits per heavy atom. The molecule has 1 aliphatic rings. The molecule has 2 rings (SSSR count). The van der Waals surface area contributed by atoms with Crippen LogP contribution in [0.2, 0.25) is 0 Å². The van der Waals surface area contributed by atoms with Crippen molar-refractivity contribution in [3.63, 3.8) is 0 Å². The van der Waals surface area contributed by atoms with Gasteiger partial charge < -0.3 is 15.4 Å². The lowest BCUT2D eigenvalue weighted by atomic mass is 10.1. The number of nitrogens with one attached hydrogen (secondary N) is 2. The number of halogens is 1. The Kier molecular flexibility index (Phi) is 10.4. The number of rotatable bonds is 9. The van der Waals surface area contributed by atoms with Crippen molar-refractivity contribution in [2.24, 2.45) is 10.9 Å². The Morgan fingerprint density at radius 2 is 2.04 bits per heavy atom. The zero-order chi connectivity index (χ0) is 16.3. The van der Waals surface area contributed by atoms with Gasteiger partial charge in [-0.25, -0.2) is 4.99 Å². The molecule has 5 nitrogen and oxygen atoms in total. The normalized spacial score (nSPS) is 13.8. The average Bonchev–Trinajstić information content (AvgIpc) is 3.40. The Hall–Kier alpha value is -1.33. The van der Waals surface area contributed by atoms with E-state index in [4.69, 9.17) is 10.00 Å². The summed E-state index contributed by atoms with van der Waals surface area (Å²) >= 11 is 0. The smallest absolute Gasteiger partial charge is 0.191 e. The molecule has 1 aliphatic carbocycles. The molecular weight excluding hydrogens is 415 g/mol. The van der Waals surface area contributed by atoms with Crippen molar-refractivity contribution >= 4 is 29.9 Å². The highest BCUT2D eigenvalue weighted by molar-refractivity contribution is 14.0. The van der Waals surface area contributed by atoms with Crippen LogP contribution >= 0.6 is 24.0 Å². The minimum Gasteiger partial charge on any atom is -0.381 e. The summed E-state index contributed by atoms with van der Waals surface area (Å²) in [6, 6.07) is 9.65. The van der Waals surface area contributed by atoms with E-state index in [1.54, 1.807) is 0 Å². The number of hydrogen-bond donors (Lipinski definition) is 2. The van der Waals surface area contributed by atoms with Gasteiger partial charge in [-0.3, -0.25) is 0 Å². The molecule has 0 spiro atoms. The van der Waals surface area contributed by atoms with E-state index in [9.17, 15) is 0 Å². The summed E-state index contributed by atoms with van der Waals surface area (Å²) in [6.07, 6.45) is 3.66. The zero-order valence-electron chi connectivity index (χ0n) is 14.3. The molecule has 0 amide bonds. The van der Waals surface area contributed by atoms with Gasteiger partial charge in [0.2, 0.25) is 0 Å². The van der Waals surface area contributed by atoms with Crippen molar-refractivity contribution in [1.82, 2.24) is 10.6 Å². The Balaban J connectivity index is 0.00000288. The van der Waals surface area contributed by atoms with Crippen LogP contribution in [-0.2, 0) is 11.3 Å². The Bertz CT molecular complexity index is 535. The van der Waals surface area contributed by atoms with Crippen LogP contribution in [0.15, 0.2) is 29.3 Å². The number of guanidine groups is 1. The van der Waals surface area contributed by atoms with Crippen LogP contribution in [0.25, 0.3) is 0 Å². The van der Waals surface area contributed by atoms with E-state index in [0.29, 0.717) is 12.1 Å². The summed E-state index contributed by atoms with van der Waals surface area (Å²) in [5.41, 5.74) is 1.77. The van der Waals surface area contributed by atoms with E-state index in [0.717, 1.165) is 50.2 Å². The molecular formula is C18H27IN4O. The zero-order valence-corrected chi connectivity index (χ0v) is 16.6. The molecule has 0 saturated heterocycles. The molecule has 0 radical (unpaired) electrons. The highest BCUT2D eigenvalue weighted by Crippen LogP contribution is 2.28. The van der Waals surface area contributed by atoms with E-state index >= 15 is 0 Å². The van der Waals surface area contributed by atoms with E-state index in [2.05, 4.69) is 28.6 Å². The van der Waals surface area contributed by atoms with Gasteiger partial charge in [0.1, 0.15) is 0 Å². The molecule has 0 heterocycles. The summed E-state index contributed by atoms with van der Waals surface area (Å²) in [4.78, 5) is 4.57. The Labute approximate surface area is 161 Å². The van der Waals surface area contributed by atoms with Crippen LogP contribution in [0.3, 0.4) is 0 Å². The van der Waals surface area contributed by atoms with Gasteiger partial charge >= 0.3 is 0 Å². The fraction of sp³-hybridized carbons (Fsp3) is 0.556. The van der Waals surface area contributed by atoms with Gasteiger partial charge in [-0.1, -0.05) is 12.1 Å². The summed E-state index contributed by atoms with van der Waals surface area (Å²) < 4.78 is 5.62. The van der Waals surface area contributed by atoms with Crippen LogP contribution in [0, 0.1) is 17.2 Å². The van der Waals surface area contributed by atoms with Gasteiger partial charge in [0.25, 0.3) is 0 Å². The van der Waals surface area contributed by atoms with Gasteiger partial charge in [0.05, 0.1) is 18.2 Å². The van der Waals surface area contributed by atoms with Crippen molar-refractivity contribution in [2.75, 3.05) is 26.3 Å². The standard InChI is InChI=1S/C18H26N4O.HI/c1-2-20-18(21-10-3-11-23-14-17-8-9-17)22-13-16-6-4-15(12-19)5-7-16;/h4-7,17H,2-3,8-11,13-14H2,1H3,(H2,20,21,22);1H. The lowest BCUT2D eigenvalue weighted by Crippen LogP contribution is -2.38. The number of nitriles is 1. The maximum absolute atomic E-state index is 8.80. The fourth-order valence-corrected chi connectivity index (χ4v) is 2.11. The molecule has 1 saturated carbocycles. The van der Waals surface area contributed by atoms with Gasteiger partial charge in [-0.2, -0.15) is 5.26 Å². The first kappa shape index (κ1) is 20.7. The first-order chi connectivity index (χ1) is 11.3. The predicted octanol–water partition coefficient (Wildman–Crippen LogP) is 3.05. The van der Waals surface area contributed by atoms with Gasteiger partial charge in [-0.05, 0) is 49.8 Å². The SMILES string of the molecule is CCNC(=NCc1ccc(C#N)cc1)NCCCOCC1CC1.I. The third-order valence-electron chi connectivity index (χ3n) is 3.66. The second-order valence-electron chi connectivity index (χ2n) is 5.80. The van der Waals surface area contributed by atoms with Crippen molar-refractivity contribution in [3.05, 3.63) is 35.4 Å². The fourth-order valence-electron chi connectivity index (χ4n) is 2.11. The number of ether oxygens (including phenoxy) is 1. The Morgan fingerprint density at radius 3 is 2.67 bits per heavy atom. The van der Waals surface area contributed by atoms with Crippen LogP contribution in [-0.4, -0.2) is 32.3 Å². The second kappa shape index (κ2) is 12.1. The van der Waals surface area contributed by atoms with E-state index in [-0.39, 0.29) is 24.0 Å². The number of hydrogen-bond acceptors (Lipinski definition) is 3. The second-order valence-corrected chi connectivity index (χ2v) is 5.80. The molecule has 0 bridgehead atoms. The average molecular weight is 442 g/mol. The van der Waals surface area contributed by atoms with Crippen LogP contribution in [0.1, 0.15) is 37.3 Å². The van der Waals surface area contributed by atoms with Crippen LogP contribution in [0.4, 0.5) is 0 Å². The minimum absolute atomic E-state index is 0. The van der Waals surface area contributed by atoms with Crippen LogP contribution < -0.4 is 10.6 Å². The lowest BCUT2D eigenvalue weighted by molar-refractivity contribution is 0.123. The molecule has 0 aromatic heterocycles. The highest BCUT2D eigenvalue weighted by Gasteiger charge is 2.20. The molecule has 1 aromatic rings. The summed E-state index contributed by atoms with van der Waals surface area (Å²) in [5, 5.41) is 15.4. The first-order valence-electron chi connectivity index (χ1n) is 8.40. The van der Waals surface area contributed by atoms with Gasteiger partial charge in [-0.15, -0.1) is 24.0 Å². The molecule has 132 valence electrons. The van der Waals surface area contributed by atoms with Crippen molar-refractivity contribution in [1.29, 1.82) is 5.26 Å². The molecule has 1 fully saturated rings. The molecule has 0 aliphatic heterocycles. The molecule has 0 atom stereocenters. The monoisotopic (exact) mass is 442 g/mol. The first-order valence-corrected chi connectivity index (χ1v) is 8.40. The maximum atomic E-state index is 8.80. The molecule has 2 N–H and O–H groups in total. The van der Waals surface area contributed by atoms with E-state index in [1.807, 2.05) is 24.3 Å². The summed E-state index contributed by atoms with van der Waals surface area (Å²) in [6.45, 7) is 6.06. The van der Waals surface area contributed by atoms with E-state index < -0.39 is 0 Å². The van der Waals surface area contributed by atoms with Crippen molar-refractivity contribution in [2.45, 2.75) is 32.7 Å². The topological polar surface area (TPSA) is 69.4 Å². The largest absolute Gasteiger partial charge is 0.381 e. The number of nitrogens with zero attached hydrogens (tertiary/aromatic N) is 2. The van der Waals surface area contributed by atoms with E-state index in [1.165, 1.54) is 12.8 Å². The van der Waals surface area contributed by atoms with Gasteiger partial charge in [0.15, 0.2) is 5.96 Å². The molecule has 24 heavy (non-hydrogen) atoms. The van der Waals surface area contributed by atoms with Crippen molar-refractivity contribution in [3.8, 4) is 6.07 Å². The van der Waals surface area contributed by atoms with Crippen molar-refractivity contribution < 1.29 is 4.74 Å². The summed E-state index contributed by atoms with van der Waals surface area (Å²) in [5.74, 6) is 1.65. The number of benzene rings is 1. The quantitative estimate of drug-likeness (QED) is 0.267. The summed E-state index contributed by atoms with van der Waals surface area (Å²) in [7, 11) is 0.